The van der Waals surface area contributed by atoms with Gasteiger partial charge in [-0.15, -0.1) is 0 Å². The fraction of sp³-hybridized carbons (Fsp3) is 0.278. The quantitative estimate of drug-likeness (QED) is 0.773. The van der Waals surface area contributed by atoms with Gasteiger partial charge in [-0.2, -0.15) is 0 Å². The van der Waals surface area contributed by atoms with Crippen LogP contribution in [0.3, 0.4) is 0 Å². The summed E-state index contributed by atoms with van der Waals surface area (Å²) in [7, 11) is 1.81. The lowest BCUT2D eigenvalue weighted by Crippen LogP contribution is -2.32. The molecule has 5 nitrogen and oxygen atoms in total. The molecule has 0 aromatic heterocycles. The van der Waals surface area contributed by atoms with Crippen LogP contribution in [0.4, 0.5) is 5.69 Å². The number of rotatable bonds is 6. The topological polar surface area (TPSA) is 57.7 Å². The average molecular weight is 381 g/mol. The second kappa shape index (κ2) is 7.89. The average Bonchev–Trinajstić information content (AvgIpc) is 2.55. The summed E-state index contributed by atoms with van der Waals surface area (Å²) in [6, 6.07) is 13.6. The molecule has 25 heavy (non-hydrogen) atoms. The molecule has 0 heterocycles. The normalized spacial score (nSPS) is 11.2. The Hall–Kier alpha value is -2.05. The molecule has 0 aliphatic heterocycles. The Morgan fingerprint density at radius 1 is 0.960 bits per heavy atom. The summed E-state index contributed by atoms with van der Waals surface area (Å²) in [6.45, 7) is 0.350. The Morgan fingerprint density at radius 2 is 1.52 bits per heavy atom. The van der Waals surface area contributed by atoms with E-state index in [0.29, 0.717) is 11.6 Å². The molecular formula is C18H21ClN2O3S. The van der Waals surface area contributed by atoms with Gasteiger partial charge < -0.3 is 9.80 Å². The molecule has 0 fully saturated rings. The first-order chi connectivity index (χ1) is 11.7. The molecule has 2 aromatic rings. The number of hydrogen-bond acceptors (Lipinski definition) is 4. The Balaban J connectivity index is 2.03. The summed E-state index contributed by atoms with van der Waals surface area (Å²) in [5.41, 5.74) is 1.99. The molecule has 0 radical (unpaired) electrons. The number of carbonyl (C=O) groups is 1. The maximum Gasteiger partial charge on any atom is 0.238 e. The molecule has 2 aromatic carbocycles. The highest BCUT2D eigenvalue weighted by molar-refractivity contribution is 7.92. The van der Waals surface area contributed by atoms with Gasteiger partial charge in [-0.3, -0.25) is 4.79 Å². The van der Waals surface area contributed by atoms with Crippen molar-refractivity contribution in [2.45, 2.75) is 11.4 Å². The lowest BCUT2D eigenvalue weighted by molar-refractivity contribution is -0.127. The van der Waals surface area contributed by atoms with Crippen LogP contribution in [0.5, 0.6) is 0 Å². The van der Waals surface area contributed by atoms with Crippen LogP contribution in [0.25, 0.3) is 0 Å². The van der Waals surface area contributed by atoms with Gasteiger partial charge in [0.25, 0.3) is 0 Å². The van der Waals surface area contributed by atoms with Crippen molar-refractivity contribution in [1.29, 1.82) is 0 Å². The van der Waals surface area contributed by atoms with Gasteiger partial charge in [0.05, 0.1) is 4.90 Å². The SMILES string of the molecule is CN(Cc1ccc(N(C)C)cc1)C(=O)CS(=O)(=O)c1ccc(Cl)cc1. The second-order valence-corrected chi connectivity index (χ2v) is 8.45. The number of sulfone groups is 1. The Kier molecular flexibility index (Phi) is 6.08. The summed E-state index contributed by atoms with van der Waals surface area (Å²) in [6.07, 6.45) is 0. The minimum absolute atomic E-state index is 0.0917. The van der Waals surface area contributed by atoms with E-state index in [1.807, 2.05) is 43.3 Å². The summed E-state index contributed by atoms with van der Waals surface area (Å²) < 4.78 is 24.7. The summed E-state index contributed by atoms with van der Waals surface area (Å²) in [4.78, 5) is 15.8. The zero-order chi connectivity index (χ0) is 18.6. The number of amides is 1. The molecule has 0 spiro atoms. The maximum absolute atomic E-state index is 12.3. The number of carbonyl (C=O) groups excluding carboxylic acids is 1. The van der Waals surface area contributed by atoms with Crippen molar-refractivity contribution in [3.05, 3.63) is 59.1 Å². The standard InChI is InChI=1S/C18H21ClN2O3S/c1-20(2)16-8-4-14(5-9-16)12-21(3)18(22)13-25(23,24)17-10-6-15(19)7-11-17/h4-11H,12-13H2,1-3H3. The van der Waals surface area contributed by atoms with Crippen LogP contribution in [0.15, 0.2) is 53.4 Å². The summed E-state index contributed by atoms with van der Waals surface area (Å²) >= 11 is 5.77. The van der Waals surface area contributed by atoms with Gasteiger partial charge in [-0.05, 0) is 42.0 Å². The molecule has 7 heteroatoms. The van der Waals surface area contributed by atoms with Crippen LogP contribution in [0.1, 0.15) is 5.56 Å². The molecule has 0 saturated carbocycles. The second-order valence-electron chi connectivity index (χ2n) is 6.02. The van der Waals surface area contributed by atoms with Gasteiger partial charge in [-0.25, -0.2) is 8.42 Å². The van der Waals surface area contributed by atoms with E-state index in [1.54, 1.807) is 7.05 Å². The van der Waals surface area contributed by atoms with Crippen molar-refractivity contribution in [1.82, 2.24) is 4.90 Å². The minimum Gasteiger partial charge on any atom is -0.378 e. The lowest BCUT2D eigenvalue weighted by atomic mass is 10.2. The van der Waals surface area contributed by atoms with Crippen LogP contribution >= 0.6 is 11.6 Å². The zero-order valence-corrected chi connectivity index (χ0v) is 16.0. The van der Waals surface area contributed by atoms with E-state index >= 15 is 0 Å². The van der Waals surface area contributed by atoms with Crippen molar-refractivity contribution < 1.29 is 13.2 Å². The van der Waals surface area contributed by atoms with E-state index in [2.05, 4.69) is 0 Å². The smallest absolute Gasteiger partial charge is 0.238 e. The Morgan fingerprint density at radius 3 is 2.04 bits per heavy atom. The molecule has 0 aliphatic carbocycles. The molecule has 0 unspecified atom stereocenters. The number of halogens is 1. The van der Waals surface area contributed by atoms with Crippen LogP contribution in [-0.4, -0.2) is 46.1 Å². The van der Waals surface area contributed by atoms with Crippen molar-refractivity contribution in [2.24, 2.45) is 0 Å². The van der Waals surface area contributed by atoms with Crippen molar-refractivity contribution >= 4 is 33.0 Å². The monoisotopic (exact) mass is 380 g/mol. The summed E-state index contributed by atoms with van der Waals surface area (Å²) in [5.74, 6) is -1.02. The highest BCUT2D eigenvalue weighted by atomic mass is 35.5. The molecule has 0 bridgehead atoms. The molecule has 0 aliphatic rings. The highest BCUT2D eigenvalue weighted by Crippen LogP contribution is 2.17. The van der Waals surface area contributed by atoms with Crippen LogP contribution in [0, 0.1) is 0 Å². The van der Waals surface area contributed by atoms with Crippen LogP contribution < -0.4 is 4.90 Å². The number of nitrogens with zero attached hydrogens (tertiary/aromatic N) is 2. The molecule has 2 rings (SSSR count). The number of benzene rings is 2. The van der Waals surface area contributed by atoms with E-state index in [-0.39, 0.29) is 4.90 Å². The third kappa shape index (κ3) is 5.21. The fourth-order valence-electron chi connectivity index (χ4n) is 2.26. The van der Waals surface area contributed by atoms with E-state index in [1.165, 1.54) is 29.2 Å². The van der Waals surface area contributed by atoms with Crippen molar-refractivity contribution in [2.75, 3.05) is 31.8 Å². The van der Waals surface area contributed by atoms with E-state index in [9.17, 15) is 13.2 Å². The van der Waals surface area contributed by atoms with E-state index in [4.69, 9.17) is 11.6 Å². The molecule has 0 N–H and O–H groups in total. The zero-order valence-electron chi connectivity index (χ0n) is 14.4. The van der Waals surface area contributed by atoms with Gasteiger partial charge in [0, 0.05) is 38.4 Å². The summed E-state index contributed by atoms with van der Waals surface area (Å²) in [5, 5.41) is 0.448. The molecule has 134 valence electrons. The third-order valence-corrected chi connectivity index (χ3v) is 5.65. The largest absolute Gasteiger partial charge is 0.378 e. The van der Waals surface area contributed by atoms with Gasteiger partial charge in [0.2, 0.25) is 5.91 Å². The molecule has 0 atom stereocenters. The predicted octanol–water partition coefficient (Wildman–Crippen LogP) is 2.84. The first-order valence-electron chi connectivity index (χ1n) is 7.67. The van der Waals surface area contributed by atoms with Crippen molar-refractivity contribution in [3.8, 4) is 0 Å². The van der Waals surface area contributed by atoms with E-state index < -0.39 is 21.5 Å². The van der Waals surface area contributed by atoms with Crippen LogP contribution in [0.2, 0.25) is 5.02 Å². The predicted molar refractivity (Wildman–Crippen MR) is 101 cm³/mol. The Labute approximate surface area is 153 Å². The number of anilines is 1. The van der Waals surface area contributed by atoms with Gasteiger partial charge >= 0.3 is 0 Å². The molecule has 1 amide bonds. The van der Waals surface area contributed by atoms with E-state index in [0.717, 1.165) is 11.3 Å². The van der Waals surface area contributed by atoms with Crippen LogP contribution in [-0.2, 0) is 21.2 Å². The third-order valence-electron chi connectivity index (χ3n) is 3.78. The first kappa shape index (κ1) is 19.3. The fourth-order valence-corrected chi connectivity index (χ4v) is 3.65. The molecule has 0 saturated heterocycles. The number of hydrogen-bond donors (Lipinski definition) is 0. The van der Waals surface area contributed by atoms with Gasteiger partial charge in [0.1, 0.15) is 5.75 Å². The highest BCUT2D eigenvalue weighted by Gasteiger charge is 2.22. The van der Waals surface area contributed by atoms with Crippen molar-refractivity contribution in [3.63, 3.8) is 0 Å². The van der Waals surface area contributed by atoms with Gasteiger partial charge in [0.15, 0.2) is 9.84 Å². The lowest BCUT2D eigenvalue weighted by Gasteiger charge is -2.18. The molecular weight excluding hydrogens is 360 g/mol. The first-order valence-corrected chi connectivity index (χ1v) is 9.70. The minimum atomic E-state index is -3.69. The Bertz CT molecular complexity index is 832. The van der Waals surface area contributed by atoms with Gasteiger partial charge in [-0.1, -0.05) is 23.7 Å². The maximum atomic E-state index is 12.3.